The van der Waals surface area contributed by atoms with Crippen molar-refractivity contribution >= 4 is 6.09 Å². The first-order valence-corrected chi connectivity index (χ1v) is 6.78. The minimum atomic E-state index is -0.476. The van der Waals surface area contributed by atoms with Gasteiger partial charge in [-0.05, 0) is 38.7 Å². The topological polar surface area (TPSA) is 55.6 Å². The standard InChI is InChI=1S/C15H24N2O2/c1-14(2,3)19-13(18)17-9-15(4,5)11-7-6-10(16)8-12(11)17/h6,8,11H,7,9,16H2,1-5H3. The molecule has 4 nitrogen and oxygen atoms in total. The Hall–Kier alpha value is -1.45. The Kier molecular flexibility index (Phi) is 3.15. The van der Waals surface area contributed by atoms with Gasteiger partial charge in [0.1, 0.15) is 5.60 Å². The van der Waals surface area contributed by atoms with Crippen molar-refractivity contribution in [2.75, 3.05) is 6.54 Å². The van der Waals surface area contributed by atoms with Crippen molar-refractivity contribution in [3.63, 3.8) is 0 Å². The zero-order valence-corrected chi connectivity index (χ0v) is 12.5. The van der Waals surface area contributed by atoms with Crippen LogP contribution in [0.15, 0.2) is 23.5 Å². The van der Waals surface area contributed by atoms with Gasteiger partial charge in [0.2, 0.25) is 0 Å². The number of carbonyl (C=O) groups is 1. The lowest BCUT2D eigenvalue weighted by Crippen LogP contribution is -2.35. The summed E-state index contributed by atoms with van der Waals surface area (Å²) in [4.78, 5) is 14.1. The molecule has 0 aromatic heterocycles. The molecule has 1 saturated heterocycles. The summed E-state index contributed by atoms with van der Waals surface area (Å²) >= 11 is 0. The highest BCUT2D eigenvalue weighted by molar-refractivity contribution is 5.72. The van der Waals surface area contributed by atoms with Gasteiger partial charge < -0.3 is 10.5 Å². The highest BCUT2D eigenvalue weighted by Gasteiger charge is 2.46. The molecular formula is C15H24N2O2. The third-order valence-corrected chi connectivity index (χ3v) is 3.70. The second-order valence-electron chi connectivity index (χ2n) is 7.12. The van der Waals surface area contributed by atoms with Gasteiger partial charge in [0.25, 0.3) is 0 Å². The van der Waals surface area contributed by atoms with Crippen LogP contribution in [0.3, 0.4) is 0 Å². The zero-order chi connectivity index (χ0) is 14.4. The van der Waals surface area contributed by atoms with E-state index in [1.807, 2.05) is 32.9 Å². The molecule has 0 saturated carbocycles. The largest absolute Gasteiger partial charge is 0.443 e. The quantitative estimate of drug-likeness (QED) is 0.731. The number of ether oxygens (including phenoxy) is 1. The summed E-state index contributed by atoms with van der Waals surface area (Å²) in [5.74, 6) is 0.340. The number of allylic oxidation sites excluding steroid dienone is 3. The Labute approximate surface area is 115 Å². The van der Waals surface area contributed by atoms with Crippen molar-refractivity contribution in [2.24, 2.45) is 17.1 Å². The van der Waals surface area contributed by atoms with E-state index in [0.29, 0.717) is 12.5 Å². The van der Waals surface area contributed by atoms with Gasteiger partial charge in [0.05, 0.1) is 0 Å². The van der Waals surface area contributed by atoms with Crippen LogP contribution < -0.4 is 5.73 Å². The Bertz CT molecular complexity index is 455. The van der Waals surface area contributed by atoms with Crippen LogP contribution in [0.5, 0.6) is 0 Å². The number of carbonyl (C=O) groups excluding carboxylic acids is 1. The molecule has 0 spiro atoms. The SMILES string of the molecule is CC(C)(C)OC(=O)N1CC(C)(C)C2CC=C(N)C=C21. The maximum Gasteiger partial charge on any atom is 0.414 e. The Morgan fingerprint density at radius 2 is 2.11 bits per heavy atom. The van der Waals surface area contributed by atoms with Gasteiger partial charge in [0, 0.05) is 23.9 Å². The number of amides is 1. The number of likely N-dealkylation sites (tertiary alicyclic amines) is 1. The van der Waals surface area contributed by atoms with Gasteiger partial charge >= 0.3 is 6.09 Å². The van der Waals surface area contributed by atoms with E-state index < -0.39 is 5.60 Å². The normalized spacial score (nSPS) is 25.5. The second-order valence-corrected chi connectivity index (χ2v) is 7.12. The summed E-state index contributed by atoms with van der Waals surface area (Å²) in [7, 11) is 0. The monoisotopic (exact) mass is 264 g/mol. The summed E-state index contributed by atoms with van der Waals surface area (Å²) in [6, 6.07) is 0. The molecule has 19 heavy (non-hydrogen) atoms. The van der Waals surface area contributed by atoms with E-state index in [9.17, 15) is 4.79 Å². The molecule has 1 heterocycles. The molecule has 1 aliphatic carbocycles. The molecule has 1 aliphatic heterocycles. The fraction of sp³-hybridized carbons (Fsp3) is 0.667. The molecule has 0 aromatic rings. The van der Waals surface area contributed by atoms with E-state index in [1.54, 1.807) is 4.90 Å². The molecule has 1 unspecified atom stereocenters. The molecule has 1 atom stereocenters. The number of nitrogens with zero attached hydrogens (tertiary/aromatic N) is 1. The van der Waals surface area contributed by atoms with E-state index >= 15 is 0 Å². The van der Waals surface area contributed by atoms with Gasteiger partial charge in [-0.15, -0.1) is 0 Å². The van der Waals surface area contributed by atoms with Crippen molar-refractivity contribution in [3.8, 4) is 0 Å². The molecule has 2 aliphatic rings. The second kappa shape index (κ2) is 4.29. The van der Waals surface area contributed by atoms with Crippen LogP contribution in [0.25, 0.3) is 0 Å². The molecule has 106 valence electrons. The maximum absolute atomic E-state index is 12.3. The first-order chi connectivity index (χ1) is 8.60. The zero-order valence-electron chi connectivity index (χ0n) is 12.5. The third kappa shape index (κ3) is 2.77. The fourth-order valence-corrected chi connectivity index (χ4v) is 2.79. The number of hydrogen-bond acceptors (Lipinski definition) is 3. The molecule has 1 fully saturated rings. The van der Waals surface area contributed by atoms with Crippen molar-refractivity contribution in [2.45, 2.75) is 46.6 Å². The van der Waals surface area contributed by atoms with Crippen LogP contribution >= 0.6 is 0 Å². The van der Waals surface area contributed by atoms with E-state index in [4.69, 9.17) is 10.5 Å². The molecule has 0 bridgehead atoms. The minimum absolute atomic E-state index is 0.0555. The van der Waals surface area contributed by atoms with Crippen molar-refractivity contribution in [1.29, 1.82) is 0 Å². The van der Waals surface area contributed by atoms with Gasteiger partial charge in [-0.25, -0.2) is 4.79 Å². The van der Waals surface area contributed by atoms with Crippen LogP contribution in [-0.2, 0) is 4.74 Å². The lowest BCUT2D eigenvalue weighted by molar-refractivity contribution is 0.0319. The highest BCUT2D eigenvalue weighted by Crippen LogP contribution is 2.46. The minimum Gasteiger partial charge on any atom is -0.443 e. The van der Waals surface area contributed by atoms with Crippen molar-refractivity contribution < 1.29 is 9.53 Å². The highest BCUT2D eigenvalue weighted by atomic mass is 16.6. The van der Waals surface area contributed by atoms with E-state index in [2.05, 4.69) is 13.8 Å². The smallest absolute Gasteiger partial charge is 0.414 e. The Morgan fingerprint density at radius 1 is 1.47 bits per heavy atom. The summed E-state index contributed by atoms with van der Waals surface area (Å²) < 4.78 is 5.49. The van der Waals surface area contributed by atoms with Crippen LogP contribution in [0.1, 0.15) is 41.0 Å². The number of rotatable bonds is 0. The van der Waals surface area contributed by atoms with Gasteiger partial charge in [0.15, 0.2) is 0 Å². The summed E-state index contributed by atoms with van der Waals surface area (Å²) in [5, 5.41) is 0. The van der Waals surface area contributed by atoms with Gasteiger partial charge in [-0.2, -0.15) is 0 Å². The molecule has 1 amide bonds. The number of hydrogen-bond donors (Lipinski definition) is 1. The van der Waals surface area contributed by atoms with Crippen LogP contribution in [0, 0.1) is 11.3 Å². The van der Waals surface area contributed by atoms with E-state index in [1.165, 1.54) is 0 Å². The third-order valence-electron chi connectivity index (χ3n) is 3.70. The molecule has 0 aromatic carbocycles. The Morgan fingerprint density at radius 3 is 2.68 bits per heavy atom. The average molecular weight is 264 g/mol. The van der Waals surface area contributed by atoms with E-state index in [0.717, 1.165) is 17.8 Å². The van der Waals surface area contributed by atoms with Gasteiger partial charge in [-0.3, -0.25) is 4.90 Å². The van der Waals surface area contributed by atoms with E-state index in [-0.39, 0.29) is 11.5 Å². The lowest BCUT2D eigenvalue weighted by atomic mass is 9.77. The molecule has 2 rings (SSSR count). The summed E-state index contributed by atoms with van der Waals surface area (Å²) in [5.41, 5.74) is 7.19. The Balaban J connectivity index is 2.26. The molecule has 4 heteroatoms. The number of nitrogens with two attached hydrogens (primary N) is 1. The molecule has 0 radical (unpaired) electrons. The van der Waals surface area contributed by atoms with Crippen LogP contribution in [0.4, 0.5) is 4.79 Å². The molecular weight excluding hydrogens is 240 g/mol. The number of fused-ring (bicyclic) bond motifs is 1. The van der Waals surface area contributed by atoms with Crippen LogP contribution in [0.2, 0.25) is 0 Å². The fourth-order valence-electron chi connectivity index (χ4n) is 2.79. The van der Waals surface area contributed by atoms with Crippen LogP contribution in [-0.4, -0.2) is 23.1 Å². The van der Waals surface area contributed by atoms with Crippen molar-refractivity contribution in [1.82, 2.24) is 4.90 Å². The summed E-state index contributed by atoms with van der Waals surface area (Å²) in [6.07, 6.45) is 4.56. The lowest BCUT2D eigenvalue weighted by Gasteiger charge is -2.27. The average Bonchev–Trinajstić information content (AvgIpc) is 2.48. The predicted molar refractivity (Wildman–Crippen MR) is 75.2 cm³/mol. The first kappa shape index (κ1) is 14.0. The van der Waals surface area contributed by atoms with Gasteiger partial charge in [-0.1, -0.05) is 19.9 Å². The maximum atomic E-state index is 12.3. The predicted octanol–water partition coefficient (Wildman–Crippen LogP) is 3.01. The van der Waals surface area contributed by atoms with Crippen molar-refractivity contribution in [3.05, 3.63) is 23.5 Å². The molecule has 2 N–H and O–H groups in total. The first-order valence-electron chi connectivity index (χ1n) is 6.78. The summed E-state index contributed by atoms with van der Waals surface area (Å²) in [6.45, 7) is 10.7.